The molecule has 2 N–H and O–H groups in total. The average molecular weight is 262 g/mol. The number of hydrogen-bond donors (Lipinski definition) is 2. The molecule has 2 aromatic carbocycles. The number of hydrogen-bond acceptors (Lipinski definition) is 1. The number of fused-ring (bicyclic) bond motifs is 3. The van der Waals surface area contributed by atoms with Crippen molar-refractivity contribution in [3.63, 3.8) is 0 Å². The monoisotopic (exact) mass is 262 g/mol. The zero-order chi connectivity index (χ0) is 13.4. The van der Waals surface area contributed by atoms with Crippen LogP contribution in [-0.2, 0) is 6.42 Å². The lowest BCUT2D eigenvalue weighted by Gasteiger charge is -2.15. The molecular formula is C18H18N2. The van der Waals surface area contributed by atoms with Gasteiger partial charge < -0.3 is 10.3 Å². The molecule has 0 saturated heterocycles. The first-order valence-corrected chi connectivity index (χ1v) is 7.28. The molecule has 4 rings (SSSR count). The fourth-order valence-corrected chi connectivity index (χ4v) is 3.32. The SMILES string of the molecule is c1ccc([C@@H]2CNCCc3c2[nH]c2ccccc32)cc1. The van der Waals surface area contributed by atoms with Crippen LogP contribution in [0.5, 0.6) is 0 Å². The van der Waals surface area contributed by atoms with E-state index in [9.17, 15) is 0 Å². The lowest BCUT2D eigenvalue weighted by Crippen LogP contribution is -2.21. The molecule has 0 radical (unpaired) electrons. The molecule has 0 aliphatic carbocycles. The second kappa shape index (κ2) is 4.80. The normalized spacial score (nSPS) is 18.7. The van der Waals surface area contributed by atoms with Gasteiger partial charge in [0.2, 0.25) is 0 Å². The van der Waals surface area contributed by atoms with E-state index in [-0.39, 0.29) is 0 Å². The van der Waals surface area contributed by atoms with Crippen molar-refractivity contribution in [2.45, 2.75) is 12.3 Å². The molecular weight excluding hydrogens is 244 g/mol. The fraction of sp³-hybridized carbons (Fsp3) is 0.222. The van der Waals surface area contributed by atoms with Crippen molar-refractivity contribution in [3.8, 4) is 0 Å². The number of rotatable bonds is 1. The van der Waals surface area contributed by atoms with Gasteiger partial charge in [-0.3, -0.25) is 0 Å². The van der Waals surface area contributed by atoms with Gasteiger partial charge in [0, 0.05) is 29.1 Å². The summed E-state index contributed by atoms with van der Waals surface area (Å²) in [6.07, 6.45) is 1.10. The highest BCUT2D eigenvalue weighted by Crippen LogP contribution is 2.33. The van der Waals surface area contributed by atoms with Crippen LogP contribution in [0.2, 0.25) is 0 Å². The van der Waals surface area contributed by atoms with Gasteiger partial charge in [0.25, 0.3) is 0 Å². The van der Waals surface area contributed by atoms with Crippen molar-refractivity contribution in [3.05, 3.63) is 71.4 Å². The molecule has 0 spiro atoms. The number of para-hydroxylation sites is 1. The summed E-state index contributed by atoms with van der Waals surface area (Å²) in [5, 5.41) is 4.96. The van der Waals surface area contributed by atoms with Gasteiger partial charge in [0.05, 0.1) is 0 Å². The maximum Gasteiger partial charge on any atom is 0.0459 e. The molecule has 2 heteroatoms. The highest BCUT2D eigenvalue weighted by molar-refractivity contribution is 5.85. The van der Waals surface area contributed by atoms with Gasteiger partial charge in [-0.05, 0) is 30.2 Å². The molecule has 0 saturated carbocycles. The Kier molecular flexibility index (Phi) is 2.82. The summed E-state index contributed by atoms with van der Waals surface area (Å²) in [5.74, 6) is 0.418. The largest absolute Gasteiger partial charge is 0.358 e. The first kappa shape index (κ1) is 11.7. The first-order valence-electron chi connectivity index (χ1n) is 7.28. The zero-order valence-electron chi connectivity index (χ0n) is 11.4. The zero-order valence-corrected chi connectivity index (χ0v) is 11.4. The number of nitrogens with one attached hydrogen (secondary N) is 2. The summed E-state index contributed by atoms with van der Waals surface area (Å²) in [4.78, 5) is 3.66. The van der Waals surface area contributed by atoms with Crippen molar-refractivity contribution in [2.24, 2.45) is 0 Å². The molecule has 1 aliphatic heterocycles. The van der Waals surface area contributed by atoms with E-state index in [1.54, 1.807) is 0 Å². The Hall–Kier alpha value is -2.06. The van der Waals surface area contributed by atoms with Crippen LogP contribution in [0.15, 0.2) is 54.6 Å². The van der Waals surface area contributed by atoms with Gasteiger partial charge in [-0.15, -0.1) is 0 Å². The van der Waals surface area contributed by atoms with Crippen molar-refractivity contribution in [2.75, 3.05) is 13.1 Å². The molecule has 2 heterocycles. The quantitative estimate of drug-likeness (QED) is 0.690. The molecule has 1 aliphatic rings. The van der Waals surface area contributed by atoms with Gasteiger partial charge in [0.15, 0.2) is 0 Å². The third kappa shape index (κ3) is 1.84. The van der Waals surface area contributed by atoms with E-state index in [1.165, 1.54) is 27.7 Å². The standard InChI is InChI=1S/C18H18N2/c1-2-6-13(7-3-1)16-12-19-11-10-15-14-8-4-5-9-17(14)20-18(15)16/h1-9,16,19-20H,10-12H2/t16-/m0/s1. The van der Waals surface area contributed by atoms with E-state index in [1.807, 2.05) is 0 Å². The highest BCUT2D eigenvalue weighted by atomic mass is 14.9. The molecule has 3 aromatic rings. The fourth-order valence-electron chi connectivity index (χ4n) is 3.32. The Morgan fingerprint density at radius 1 is 0.900 bits per heavy atom. The predicted molar refractivity (Wildman–Crippen MR) is 83.2 cm³/mol. The summed E-state index contributed by atoms with van der Waals surface area (Å²) in [7, 11) is 0. The van der Waals surface area contributed by atoms with Crippen molar-refractivity contribution < 1.29 is 0 Å². The Morgan fingerprint density at radius 3 is 2.60 bits per heavy atom. The number of aromatic amines is 1. The van der Waals surface area contributed by atoms with E-state index in [2.05, 4.69) is 64.9 Å². The number of benzene rings is 2. The van der Waals surface area contributed by atoms with Crippen LogP contribution in [-0.4, -0.2) is 18.1 Å². The molecule has 0 unspecified atom stereocenters. The van der Waals surface area contributed by atoms with Gasteiger partial charge >= 0.3 is 0 Å². The molecule has 1 atom stereocenters. The first-order chi connectivity index (χ1) is 9.93. The van der Waals surface area contributed by atoms with Crippen LogP contribution >= 0.6 is 0 Å². The van der Waals surface area contributed by atoms with Crippen LogP contribution in [0.4, 0.5) is 0 Å². The van der Waals surface area contributed by atoms with Crippen LogP contribution < -0.4 is 5.32 Å². The predicted octanol–water partition coefficient (Wildman–Crippen LogP) is 3.45. The number of H-pyrrole nitrogens is 1. The molecule has 2 nitrogen and oxygen atoms in total. The van der Waals surface area contributed by atoms with Crippen molar-refractivity contribution >= 4 is 10.9 Å². The van der Waals surface area contributed by atoms with Crippen LogP contribution in [0.1, 0.15) is 22.7 Å². The number of aromatic nitrogens is 1. The third-order valence-corrected chi connectivity index (χ3v) is 4.30. The Morgan fingerprint density at radius 2 is 1.70 bits per heavy atom. The maximum absolute atomic E-state index is 3.66. The third-order valence-electron chi connectivity index (χ3n) is 4.30. The van der Waals surface area contributed by atoms with Crippen LogP contribution in [0.25, 0.3) is 10.9 Å². The van der Waals surface area contributed by atoms with E-state index in [0.717, 1.165) is 19.5 Å². The Labute approximate surface area is 118 Å². The minimum absolute atomic E-state index is 0.418. The lowest BCUT2D eigenvalue weighted by atomic mass is 9.93. The topological polar surface area (TPSA) is 27.8 Å². The lowest BCUT2D eigenvalue weighted by molar-refractivity contribution is 0.658. The van der Waals surface area contributed by atoms with Crippen LogP contribution in [0.3, 0.4) is 0 Å². The summed E-state index contributed by atoms with van der Waals surface area (Å²) in [6, 6.07) is 19.4. The Balaban J connectivity index is 1.91. The molecule has 0 bridgehead atoms. The summed E-state index contributed by atoms with van der Waals surface area (Å²) >= 11 is 0. The summed E-state index contributed by atoms with van der Waals surface area (Å²) < 4.78 is 0. The smallest absolute Gasteiger partial charge is 0.0459 e. The average Bonchev–Trinajstić information content (AvgIpc) is 2.74. The minimum atomic E-state index is 0.418. The van der Waals surface area contributed by atoms with E-state index >= 15 is 0 Å². The minimum Gasteiger partial charge on any atom is -0.358 e. The van der Waals surface area contributed by atoms with E-state index in [4.69, 9.17) is 0 Å². The molecule has 1 aromatic heterocycles. The summed E-state index contributed by atoms with van der Waals surface area (Å²) in [5.41, 5.74) is 5.52. The second-order valence-electron chi connectivity index (χ2n) is 5.48. The van der Waals surface area contributed by atoms with Gasteiger partial charge in [-0.25, -0.2) is 0 Å². The van der Waals surface area contributed by atoms with E-state index < -0.39 is 0 Å². The molecule has 20 heavy (non-hydrogen) atoms. The highest BCUT2D eigenvalue weighted by Gasteiger charge is 2.23. The molecule has 0 amide bonds. The summed E-state index contributed by atoms with van der Waals surface area (Å²) in [6.45, 7) is 2.06. The van der Waals surface area contributed by atoms with Crippen LogP contribution in [0, 0.1) is 0 Å². The Bertz CT molecular complexity index is 728. The second-order valence-corrected chi connectivity index (χ2v) is 5.48. The van der Waals surface area contributed by atoms with Crippen molar-refractivity contribution in [1.82, 2.24) is 10.3 Å². The molecule has 0 fully saturated rings. The van der Waals surface area contributed by atoms with Gasteiger partial charge in [-0.1, -0.05) is 48.5 Å². The molecule has 100 valence electrons. The van der Waals surface area contributed by atoms with Crippen molar-refractivity contribution in [1.29, 1.82) is 0 Å². The van der Waals surface area contributed by atoms with Gasteiger partial charge in [0.1, 0.15) is 0 Å². The van der Waals surface area contributed by atoms with E-state index in [0.29, 0.717) is 5.92 Å². The van der Waals surface area contributed by atoms with Gasteiger partial charge in [-0.2, -0.15) is 0 Å². The maximum atomic E-state index is 3.66.